The quantitative estimate of drug-likeness (QED) is 0.346. The molecule has 0 aliphatic heterocycles. The molecule has 1 nitrogen and oxygen atoms in total. The van der Waals surface area contributed by atoms with Crippen LogP contribution < -0.4 is 4.74 Å². The third-order valence-corrected chi connectivity index (χ3v) is 5.21. The Balaban J connectivity index is 1.68. The largest absolute Gasteiger partial charge is 0.494 e. The van der Waals surface area contributed by atoms with Gasteiger partial charge in [-0.3, -0.25) is 0 Å². The average molecular weight is 388 g/mol. The first kappa shape index (κ1) is 19.1. The van der Waals surface area contributed by atoms with Crippen molar-refractivity contribution in [1.29, 1.82) is 0 Å². The van der Waals surface area contributed by atoms with E-state index >= 15 is 0 Å². The van der Waals surface area contributed by atoms with Gasteiger partial charge in [-0.25, -0.2) is 8.78 Å². The van der Waals surface area contributed by atoms with Crippen molar-refractivity contribution in [2.75, 3.05) is 7.11 Å². The second-order valence-electron chi connectivity index (χ2n) is 7.19. The van der Waals surface area contributed by atoms with Crippen molar-refractivity contribution in [3.8, 4) is 28.0 Å². The molecule has 0 radical (unpaired) electrons. The molecule has 0 unspecified atom stereocenters. The highest BCUT2D eigenvalue weighted by molar-refractivity contribution is 5.88. The van der Waals surface area contributed by atoms with Crippen LogP contribution in [0, 0.1) is 11.6 Å². The van der Waals surface area contributed by atoms with Crippen molar-refractivity contribution < 1.29 is 13.5 Å². The molecule has 4 rings (SSSR count). The first-order valence-corrected chi connectivity index (χ1v) is 9.75. The Morgan fingerprint density at radius 2 is 1.34 bits per heavy atom. The summed E-state index contributed by atoms with van der Waals surface area (Å²) < 4.78 is 33.8. The molecule has 146 valence electrons. The zero-order valence-electron chi connectivity index (χ0n) is 16.5. The third-order valence-electron chi connectivity index (χ3n) is 5.21. The van der Waals surface area contributed by atoms with Crippen LogP contribution in [-0.4, -0.2) is 7.11 Å². The monoisotopic (exact) mass is 388 g/mol. The van der Waals surface area contributed by atoms with Gasteiger partial charge in [0.1, 0.15) is 5.82 Å². The fourth-order valence-electron chi connectivity index (χ4n) is 3.68. The van der Waals surface area contributed by atoms with Crippen molar-refractivity contribution in [2.45, 2.75) is 19.8 Å². The summed E-state index contributed by atoms with van der Waals surface area (Å²) in [6, 6.07) is 22.2. The highest BCUT2D eigenvalue weighted by atomic mass is 19.1. The Bertz CT molecular complexity index is 1180. The first-order valence-electron chi connectivity index (χ1n) is 9.75. The lowest BCUT2D eigenvalue weighted by Gasteiger charge is -2.10. The molecule has 0 aliphatic carbocycles. The van der Waals surface area contributed by atoms with Crippen molar-refractivity contribution >= 4 is 10.8 Å². The molecule has 0 aromatic heterocycles. The molecule has 29 heavy (non-hydrogen) atoms. The summed E-state index contributed by atoms with van der Waals surface area (Å²) >= 11 is 0. The summed E-state index contributed by atoms with van der Waals surface area (Å²) in [5.74, 6) is -0.750. The fraction of sp³-hybridized carbons (Fsp3) is 0.154. The predicted octanol–water partition coefficient (Wildman–Crippen LogP) is 7.41. The molecule has 0 saturated carbocycles. The molecule has 4 aromatic rings. The second kappa shape index (κ2) is 8.04. The van der Waals surface area contributed by atoms with Crippen molar-refractivity contribution in [3.05, 3.63) is 90.0 Å². The Hall–Kier alpha value is -3.20. The van der Waals surface area contributed by atoms with E-state index < -0.39 is 5.82 Å². The van der Waals surface area contributed by atoms with Crippen LogP contribution in [0.4, 0.5) is 8.78 Å². The number of hydrogen-bond donors (Lipinski definition) is 0. The number of methoxy groups -OCH3 is 1. The lowest BCUT2D eigenvalue weighted by Crippen LogP contribution is -1.91. The summed E-state index contributed by atoms with van der Waals surface area (Å²) in [4.78, 5) is 0. The summed E-state index contributed by atoms with van der Waals surface area (Å²) in [5, 5.41) is 2.31. The van der Waals surface area contributed by atoms with E-state index in [0.29, 0.717) is 11.1 Å². The molecule has 0 aliphatic rings. The van der Waals surface area contributed by atoms with Crippen molar-refractivity contribution in [2.24, 2.45) is 0 Å². The predicted molar refractivity (Wildman–Crippen MR) is 115 cm³/mol. The van der Waals surface area contributed by atoms with E-state index in [1.54, 1.807) is 12.1 Å². The van der Waals surface area contributed by atoms with E-state index in [4.69, 9.17) is 4.74 Å². The smallest absolute Gasteiger partial charge is 0.165 e. The summed E-state index contributed by atoms with van der Waals surface area (Å²) in [7, 11) is 1.40. The number of aryl methyl sites for hydroxylation is 1. The molecule has 4 aromatic carbocycles. The van der Waals surface area contributed by atoms with Crippen LogP contribution in [0.5, 0.6) is 5.75 Å². The lowest BCUT2D eigenvalue weighted by atomic mass is 9.96. The maximum Gasteiger partial charge on any atom is 0.165 e. The van der Waals surface area contributed by atoms with Crippen LogP contribution in [0.1, 0.15) is 18.9 Å². The van der Waals surface area contributed by atoms with E-state index in [-0.39, 0.29) is 11.6 Å². The van der Waals surface area contributed by atoms with Gasteiger partial charge in [0.15, 0.2) is 11.6 Å². The van der Waals surface area contributed by atoms with Gasteiger partial charge in [-0.15, -0.1) is 0 Å². The van der Waals surface area contributed by atoms with Crippen LogP contribution in [-0.2, 0) is 6.42 Å². The van der Waals surface area contributed by atoms with Crippen LogP contribution in [0.3, 0.4) is 0 Å². The number of hydrogen-bond acceptors (Lipinski definition) is 1. The summed E-state index contributed by atoms with van der Waals surface area (Å²) in [5.41, 5.74) is 3.91. The summed E-state index contributed by atoms with van der Waals surface area (Å²) in [6.45, 7) is 2.17. The van der Waals surface area contributed by atoms with E-state index in [9.17, 15) is 8.78 Å². The molecular formula is C26H22F2O. The van der Waals surface area contributed by atoms with Gasteiger partial charge in [0, 0.05) is 5.56 Å². The van der Waals surface area contributed by atoms with Crippen LogP contribution >= 0.6 is 0 Å². The third kappa shape index (κ3) is 3.86. The van der Waals surface area contributed by atoms with Gasteiger partial charge in [-0.2, -0.15) is 0 Å². The number of halogens is 2. The Kier molecular flexibility index (Phi) is 5.30. The number of fused-ring (bicyclic) bond motifs is 1. The molecule has 0 saturated heterocycles. The van der Waals surface area contributed by atoms with E-state index in [2.05, 4.69) is 37.3 Å². The molecule has 0 heterocycles. The highest BCUT2D eigenvalue weighted by Gasteiger charge is 2.11. The highest BCUT2D eigenvalue weighted by Crippen LogP contribution is 2.32. The minimum absolute atomic E-state index is 0.143. The zero-order chi connectivity index (χ0) is 20.4. The maximum absolute atomic E-state index is 14.8. The van der Waals surface area contributed by atoms with Gasteiger partial charge in [0.2, 0.25) is 0 Å². The maximum atomic E-state index is 14.8. The zero-order valence-corrected chi connectivity index (χ0v) is 16.5. The van der Waals surface area contributed by atoms with Crippen LogP contribution in [0.2, 0.25) is 0 Å². The van der Waals surface area contributed by atoms with Gasteiger partial charge < -0.3 is 4.74 Å². The fourth-order valence-corrected chi connectivity index (χ4v) is 3.68. The van der Waals surface area contributed by atoms with Crippen LogP contribution in [0.25, 0.3) is 33.0 Å². The van der Waals surface area contributed by atoms with Gasteiger partial charge >= 0.3 is 0 Å². The topological polar surface area (TPSA) is 9.23 Å². The van der Waals surface area contributed by atoms with Gasteiger partial charge in [0.25, 0.3) is 0 Å². The molecule has 3 heteroatoms. The molecule has 0 bridgehead atoms. The number of rotatable bonds is 5. The molecule has 0 amide bonds. The molecule has 0 N–H and O–H groups in total. The van der Waals surface area contributed by atoms with Gasteiger partial charge in [0.05, 0.1) is 7.11 Å². The minimum atomic E-state index is -0.509. The van der Waals surface area contributed by atoms with Crippen LogP contribution in [0.15, 0.2) is 72.8 Å². The van der Waals surface area contributed by atoms with E-state index in [0.717, 1.165) is 29.4 Å². The van der Waals surface area contributed by atoms with Crippen molar-refractivity contribution in [3.63, 3.8) is 0 Å². The van der Waals surface area contributed by atoms with Gasteiger partial charge in [-0.05, 0) is 63.7 Å². The van der Waals surface area contributed by atoms with E-state index in [1.165, 1.54) is 36.3 Å². The Labute approximate surface area is 169 Å². The molecule has 0 atom stereocenters. The standard InChI is InChI=1S/C26H22F2O/c1-3-4-17-5-6-19-14-20(8-7-18(19)13-17)21-9-11-23(24(27)15-21)22-10-12-26(29-2)25(28)16-22/h5-16H,3-4H2,1-2H3. The number of ether oxygens (including phenoxy) is 1. The Morgan fingerprint density at radius 1 is 0.690 bits per heavy atom. The number of benzene rings is 4. The second-order valence-corrected chi connectivity index (χ2v) is 7.19. The minimum Gasteiger partial charge on any atom is -0.494 e. The van der Waals surface area contributed by atoms with Crippen molar-refractivity contribution in [1.82, 2.24) is 0 Å². The lowest BCUT2D eigenvalue weighted by molar-refractivity contribution is 0.386. The normalized spacial score (nSPS) is 11.0. The van der Waals surface area contributed by atoms with E-state index in [1.807, 2.05) is 12.1 Å². The Morgan fingerprint density at radius 3 is 2.07 bits per heavy atom. The molecule has 0 fully saturated rings. The first-order chi connectivity index (χ1) is 14.1. The molecular weight excluding hydrogens is 366 g/mol. The van der Waals surface area contributed by atoms with Gasteiger partial charge in [-0.1, -0.05) is 61.9 Å². The SMILES string of the molecule is CCCc1ccc2cc(-c3ccc(-c4ccc(OC)c(F)c4)c(F)c3)ccc2c1. The average Bonchev–Trinajstić information content (AvgIpc) is 2.73. The summed E-state index contributed by atoms with van der Waals surface area (Å²) in [6.07, 6.45) is 2.18. The molecule has 0 spiro atoms.